The lowest BCUT2D eigenvalue weighted by atomic mass is 9.91. The second-order valence-electron chi connectivity index (χ2n) is 4.50. The highest BCUT2D eigenvalue weighted by molar-refractivity contribution is 9.10. The highest BCUT2D eigenvalue weighted by Crippen LogP contribution is 2.24. The molecular formula is C16H11BrClNO. The first-order valence-electron chi connectivity index (χ1n) is 5.98. The Labute approximate surface area is 131 Å². The molecule has 0 bridgehead atoms. The molecule has 100 valence electrons. The fourth-order valence-corrected chi connectivity index (χ4v) is 2.72. The van der Waals surface area contributed by atoms with Crippen molar-refractivity contribution in [2.24, 2.45) is 0 Å². The molecule has 0 aromatic heterocycles. The van der Waals surface area contributed by atoms with Crippen LogP contribution in [0.2, 0.25) is 5.02 Å². The van der Waals surface area contributed by atoms with Crippen LogP contribution in [-0.2, 0) is 0 Å². The first kappa shape index (κ1) is 14.8. The van der Waals surface area contributed by atoms with E-state index >= 15 is 0 Å². The SMILES string of the molecule is Cc1cc(Br)cc(C(=O)C(C#N)c2ccc(Cl)cc2)c1. The fraction of sp³-hybridized carbons (Fsp3) is 0.125. The number of ketones is 1. The first-order chi connectivity index (χ1) is 9.51. The zero-order valence-electron chi connectivity index (χ0n) is 10.7. The van der Waals surface area contributed by atoms with Crippen LogP contribution >= 0.6 is 27.5 Å². The quantitative estimate of drug-likeness (QED) is 0.740. The normalized spacial score (nSPS) is 11.7. The van der Waals surface area contributed by atoms with Gasteiger partial charge in [0.1, 0.15) is 5.92 Å². The van der Waals surface area contributed by atoms with Crippen LogP contribution in [0.4, 0.5) is 0 Å². The van der Waals surface area contributed by atoms with Gasteiger partial charge in [0.05, 0.1) is 6.07 Å². The summed E-state index contributed by atoms with van der Waals surface area (Å²) in [5, 5.41) is 9.88. The van der Waals surface area contributed by atoms with Crippen molar-refractivity contribution < 1.29 is 4.79 Å². The molecule has 2 aromatic carbocycles. The predicted octanol–water partition coefficient (Wildman–Crippen LogP) is 4.90. The molecule has 0 amide bonds. The number of benzene rings is 2. The van der Waals surface area contributed by atoms with Crippen LogP contribution in [0.25, 0.3) is 0 Å². The van der Waals surface area contributed by atoms with Crippen LogP contribution in [0.5, 0.6) is 0 Å². The number of hydrogen-bond donors (Lipinski definition) is 0. The molecule has 1 unspecified atom stereocenters. The molecule has 0 aliphatic rings. The van der Waals surface area contributed by atoms with Crippen molar-refractivity contribution in [1.29, 1.82) is 5.26 Å². The highest BCUT2D eigenvalue weighted by Gasteiger charge is 2.22. The van der Waals surface area contributed by atoms with E-state index in [-0.39, 0.29) is 5.78 Å². The standard InChI is InChI=1S/C16H11BrClNO/c1-10-6-12(8-13(17)7-10)16(20)15(9-19)11-2-4-14(18)5-3-11/h2-8,15H,1H3. The van der Waals surface area contributed by atoms with Gasteiger partial charge >= 0.3 is 0 Å². The second kappa shape index (κ2) is 6.21. The largest absolute Gasteiger partial charge is 0.292 e. The summed E-state index contributed by atoms with van der Waals surface area (Å²) in [4.78, 5) is 12.5. The molecule has 2 nitrogen and oxygen atoms in total. The van der Waals surface area contributed by atoms with Crippen molar-refractivity contribution in [3.63, 3.8) is 0 Å². The Morgan fingerprint density at radius 2 is 1.90 bits per heavy atom. The number of halogens is 2. The van der Waals surface area contributed by atoms with E-state index in [1.54, 1.807) is 36.4 Å². The van der Waals surface area contributed by atoms with Crippen molar-refractivity contribution in [3.8, 4) is 6.07 Å². The maximum absolute atomic E-state index is 12.5. The van der Waals surface area contributed by atoms with Crippen molar-refractivity contribution >= 4 is 33.3 Å². The van der Waals surface area contributed by atoms with Crippen LogP contribution in [-0.4, -0.2) is 5.78 Å². The Balaban J connectivity index is 2.39. The number of Topliss-reactive ketones (excluding diaryl/α,β-unsaturated/α-hetero) is 1. The summed E-state index contributed by atoms with van der Waals surface area (Å²) in [6.45, 7) is 1.91. The van der Waals surface area contributed by atoms with E-state index in [2.05, 4.69) is 22.0 Å². The number of rotatable bonds is 3. The second-order valence-corrected chi connectivity index (χ2v) is 5.85. The van der Waals surface area contributed by atoms with Crippen LogP contribution in [0.3, 0.4) is 0 Å². The van der Waals surface area contributed by atoms with Gasteiger partial charge in [-0.15, -0.1) is 0 Å². The number of hydrogen-bond acceptors (Lipinski definition) is 2. The molecular weight excluding hydrogens is 338 g/mol. The Morgan fingerprint density at radius 1 is 1.25 bits per heavy atom. The molecule has 0 radical (unpaired) electrons. The molecule has 0 saturated heterocycles. The maximum atomic E-state index is 12.5. The van der Waals surface area contributed by atoms with Gasteiger partial charge in [-0.1, -0.05) is 39.7 Å². The number of carbonyl (C=O) groups excluding carboxylic acids is 1. The van der Waals surface area contributed by atoms with E-state index in [0.717, 1.165) is 10.0 Å². The highest BCUT2D eigenvalue weighted by atomic mass is 79.9. The van der Waals surface area contributed by atoms with Gasteiger partial charge in [0.2, 0.25) is 0 Å². The Hall–Kier alpha value is -1.63. The molecule has 0 N–H and O–H groups in total. The Kier molecular flexibility index (Phi) is 4.59. The average molecular weight is 349 g/mol. The van der Waals surface area contributed by atoms with Gasteiger partial charge in [-0.3, -0.25) is 4.79 Å². The number of carbonyl (C=O) groups is 1. The summed E-state index contributed by atoms with van der Waals surface area (Å²) >= 11 is 9.19. The lowest BCUT2D eigenvalue weighted by Crippen LogP contribution is -2.11. The molecule has 2 rings (SSSR count). The van der Waals surface area contributed by atoms with Gasteiger partial charge in [0, 0.05) is 15.1 Å². The molecule has 0 heterocycles. The minimum Gasteiger partial charge on any atom is -0.292 e. The van der Waals surface area contributed by atoms with Crippen LogP contribution in [0.15, 0.2) is 46.9 Å². The van der Waals surface area contributed by atoms with E-state index in [9.17, 15) is 10.1 Å². The molecule has 0 spiro atoms. The zero-order chi connectivity index (χ0) is 14.7. The maximum Gasteiger partial charge on any atom is 0.184 e. The minimum atomic E-state index is -0.819. The smallest absolute Gasteiger partial charge is 0.184 e. The zero-order valence-corrected chi connectivity index (χ0v) is 13.1. The molecule has 0 fully saturated rings. The minimum absolute atomic E-state index is 0.209. The monoisotopic (exact) mass is 347 g/mol. The van der Waals surface area contributed by atoms with E-state index < -0.39 is 5.92 Å². The lowest BCUT2D eigenvalue weighted by Gasteiger charge is -2.10. The third-order valence-electron chi connectivity index (χ3n) is 2.92. The van der Waals surface area contributed by atoms with E-state index in [0.29, 0.717) is 16.1 Å². The van der Waals surface area contributed by atoms with Crippen molar-refractivity contribution in [2.45, 2.75) is 12.8 Å². The third-order valence-corrected chi connectivity index (χ3v) is 3.63. The first-order valence-corrected chi connectivity index (χ1v) is 7.15. The molecule has 4 heteroatoms. The molecule has 0 aliphatic heterocycles. The van der Waals surface area contributed by atoms with Crippen LogP contribution in [0, 0.1) is 18.3 Å². The van der Waals surface area contributed by atoms with Crippen LogP contribution in [0.1, 0.15) is 27.4 Å². The summed E-state index contributed by atoms with van der Waals surface area (Å²) in [6, 6.07) is 14.3. The van der Waals surface area contributed by atoms with Gasteiger partial charge in [0.25, 0.3) is 0 Å². The van der Waals surface area contributed by atoms with Crippen molar-refractivity contribution in [1.82, 2.24) is 0 Å². The number of nitrogens with zero attached hydrogens (tertiary/aromatic N) is 1. The summed E-state index contributed by atoms with van der Waals surface area (Å²) in [7, 11) is 0. The van der Waals surface area contributed by atoms with E-state index in [4.69, 9.17) is 11.6 Å². The van der Waals surface area contributed by atoms with Gasteiger partial charge < -0.3 is 0 Å². The van der Waals surface area contributed by atoms with Gasteiger partial charge in [-0.05, 0) is 48.4 Å². The average Bonchev–Trinajstić information content (AvgIpc) is 2.40. The number of nitriles is 1. The van der Waals surface area contributed by atoms with Gasteiger partial charge in [0.15, 0.2) is 5.78 Å². The summed E-state index contributed by atoms with van der Waals surface area (Å²) in [5.74, 6) is -1.03. The number of aryl methyl sites for hydroxylation is 1. The molecule has 0 aliphatic carbocycles. The van der Waals surface area contributed by atoms with Crippen molar-refractivity contribution in [2.75, 3.05) is 0 Å². The summed E-state index contributed by atoms with van der Waals surface area (Å²) in [5.41, 5.74) is 2.15. The molecule has 0 saturated carbocycles. The van der Waals surface area contributed by atoms with Crippen molar-refractivity contribution in [3.05, 3.63) is 68.7 Å². The molecule has 20 heavy (non-hydrogen) atoms. The lowest BCUT2D eigenvalue weighted by molar-refractivity contribution is 0.0978. The van der Waals surface area contributed by atoms with Gasteiger partial charge in [-0.25, -0.2) is 0 Å². The van der Waals surface area contributed by atoms with E-state index in [1.165, 1.54) is 0 Å². The third kappa shape index (κ3) is 3.27. The molecule has 2 aromatic rings. The molecule has 1 atom stereocenters. The van der Waals surface area contributed by atoms with Gasteiger partial charge in [-0.2, -0.15) is 5.26 Å². The summed E-state index contributed by atoms with van der Waals surface area (Å²) < 4.78 is 0.827. The fourth-order valence-electron chi connectivity index (χ4n) is 1.99. The topological polar surface area (TPSA) is 40.9 Å². The predicted molar refractivity (Wildman–Crippen MR) is 83.0 cm³/mol. The Morgan fingerprint density at radius 3 is 2.45 bits per heavy atom. The summed E-state index contributed by atoms with van der Waals surface area (Å²) in [6.07, 6.45) is 0. The van der Waals surface area contributed by atoms with E-state index in [1.807, 2.05) is 13.0 Å². The Bertz CT molecular complexity index is 668. The van der Waals surface area contributed by atoms with Crippen LogP contribution < -0.4 is 0 Å².